The Balaban J connectivity index is 2.80. The Morgan fingerprint density at radius 3 is 0.871 bits per heavy atom. The van der Waals surface area contributed by atoms with E-state index in [2.05, 4.69) is 38.3 Å². The van der Waals surface area contributed by atoms with Gasteiger partial charge >= 0.3 is 23.9 Å². The van der Waals surface area contributed by atoms with Crippen LogP contribution in [0, 0.1) is 46.3 Å². The molecule has 362 valence electrons. The third-order valence-corrected chi connectivity index (χ3v) is 14.7. The molecular weight excluding hydrogens is 781 g/mol. The fourth-order valence-corrected chi connectivity index (χ4v) is 13.1. The number of carboxylic acids is 4. The Hall–Kier alpha value is -2.20. The average Bonchev–Trinajstić information content (AvgIpc) is 3.08. The maximum atomic E-state index is 14.8. The minimum Gasteiger partial charge on any atom is -0.481 e. The van der Waals surface area contributed by atoms with Gasteiger partial charge in [0.1, 0.15) is 0 Å². The van der Waals surface area contributed by atoms with Gasteiger partial charge in [0.2, 0.25) is 0 Å². The molecule has 2 fully saturated rings. The normalized spacial score (nSPS) is 21.8. The molecule has 0 aromatic carbocycles. The summed E-state index contributed by atoms with van der Waals surface area (Å²) < 4.78 is 0. The van der Waals surface area contributed by atoms with Crippen molar-refractivity contribution in [2.75, 3.05) is 0 Å². The number of unbranched alkanes of at least 4 members (excludes halogenated alkanes) is 14. The Bertz CT molecular complexity index is 1270. The lowest BCUT2D eigenvalue weighted by Gasteiger charge is -2.58. The molecule has 0 saturated carbocycles. The molecule has 0 spiro atoms. The van der Waals surface area contributed by atoms with Crippen molar-refractivity contribution in [3.8, 4) is 0 Å². The fraction of sp³-hybridized carbons (Fsp3) is 0.923. The van der Waals surface area contributed by atoms with Gasteiger partial charge in [0, 0.05) is 22.2 Å². The molecule has 10 heteroatoms. The molecule has 0 radical (unpaired) electrons. The molecule has 6 N–H and O–H groups in total. The van der Waals surface area contributed by atoms with Crippen LogP contribution in [0.1, 0.15) is 237 Å². The molecule has 0 aromatic rings. The van der Waals surface area contributed by atoms with E-state index in [-0.39, 0.29) is 12.8 Å². The van der Waals surface area contributed by atoms with Gasteiger partial charge in [0.25, 0.3) is 0 Å². The van der Waals surface area contributed by atoms with Crippen LogP contribution in [0.3, 0.4) is 0 Å². The number of piperidine rings is 2. The zero-order valence-corrected chi connectivity index (χ0v) is 41.9. The molecule has 0 aromatic heterocycles. The standard InChI is InChI=1S/C52H96N2O8/c1-37(2)29-25-21-17-13-15-19-23-27-31-51(45(59)60,41(43(55)56)39-33-47(5,6)53-48(7,8)34-39)52(46(61)62,32-28-24-20-16-14-18-22-26-30-38(3)4)42(44(57)58)40-35-49(9,10)54-50(11,12)36-40/h37-42,53-54H,13-36H2,1-12H3,(H,55,56)(H,57,58)(H,59,60)(H,61,62). The summed E-state index contributed by atoms with van der Waals surface area (Å²) in [5.74, 6) is -8.98. The van der Waals surface area contributed by atoms with E-state index in [0.29, 0.717) is 63.2 Å². The van der Waals surface area contributed by atoms with Crippen LogP contribution < -0.4 is 10.6 Å². The predicted octanol–water partition coefficient (Wildman–Crippen LogP) is 12.8. The zero-order chi connectivity index (χ0) is 47.2. The molecule has 10 nitrogen and oxygen atoms in total. The molecule has 4 unspecified atom stereocenters. The highest BCUT2D eigenvalue weighted by molar-refractivity contribution is 5.94. The van der Waals surface area contributed by atoms with Crippen molar-refractivity contribution in [2.45, 2.75) is 259 Å². The van der Waals surface area contributed by atoms with E-state index >= 15 is 0 Å². The quantitative estimate of drug-likeness (QED) is 0.0368. The number of hydrogen-bond acceptors (Lipinski definition) is 6. The van der Waals surface area contributed by atoms with Crippen LogP contribution in [-0.4, -0.2) is 66.5 Å². The first-order chi connectivity index (χ1) is 28.7. The molecule has 2 aliphatic heterocycles. The van der Waals surface area contributed by atoms with Crippen LogP contribution >= 0.6 is 0 Å². The highest BCUT2D eigenvalue weighted by atomic mass is 16.4. The number of aliphatic carboxylic acids is 4. The lowest BCUT2D eigenvalue weighted by molar-refractivity contribution is -0.210. The average molecular weight is 877 g/mol. The Kier molecular flexibility index (Phi) is 22.0. The second-order valence-corrected chi connectivity index (χ2v) is 23.8. The van der Waals surface area contributed by atoms with Gasteiger partial charge in [-0.3, -0.25) is 19.2 Å². The van der Waals surface area contributed by atoms with E-state index in [1.165, 1.54) is 38.5 Å². The van der Waals surface area contributed by atoms with Crippen molar-refractivity contribution in [1.29, 1.82) is 0 Å². The maximum Gasteiger partial charge on any atom is 0.311 e. The highest BCUT2D eigenvalue weighted by Crippen LogP contribution is 2.63. The minimum atomic E-state index is -2.41. The van der Waals surface area contributed by atoms with E-state index < -0.39 is 80.5 Å². The third kappa shape index (κ3) is 16.3. The first-order valence-electron chi connectivity index (χ1n) is 25.2. The fourth-order valence-electron chi connectivity index (χ4n) is 13.1. The van der Waals surface area contributed by atoms with Crippen molar-refractivity contribution in [1.82, 2.24) is 10.6 Å². The summed E-state index contributed by atoms with van der Waals surface area (Å²) in [7, 11) is 0. The van der Waals surface area contributed by atoms with Crippen molar-refractivity contribution >= 4 is 23.9 Å². The summed E-state index contributed by atoms with van der Waals surface area (Å²) >= 11 is 0. The van der Waals surface area contributed by atoms with Gasteiger partial charge in [-0.1, -0.05) is 143 Å². The molecular formula is C52H96N2O8. The van der Waals surface area contributed by atoms with Crippen LogP contribution in [0.5, 0.6) is 0 Å². The van der Waals surface area contributed by atoms with Gasteiger partial charge in [-0.2, -0.15) is 0 Å². The molecule has 62 heavy (non-hydrogen) atoms. The number of carboxylic acid groups (broad SMARTS) is 4. The monoisotopic (exact) mass is 877 g/mol. The first kappa shape index (κ1) is 55.9. The topological polar surface area (TPSA) is 173 Å². The zero-order valence-electron chi connectivity index (χ0n) is 41.9. The van der Waals surface area contributed by atoms with Gasteiger partial charge < -0.3 is 31.1 Å². The van der Waals surface area contributed by atoms with Crippen LogP contribution in [0.2, 0.25) is 0 Å². The van der Waals surface area contributed by atoms with Gasteiger partial charge in [0.05, 0.1) is 22.7 Å². The Morgan fingerprint density at radius 2 is 0.661 bits per heavy atom. The molecule has 0 aliphatic carbocycles. The van der Waals surface area contributed by atoms with Crippen LogP contribution in [0.4, 0.5) is 0 Å². The van der Waals surface area contributed by atoms with Crippen molar-refractivity contribution in [2.24, 2.45) is 46.3 Å². The van der Waals surface area contributed by atoms with Gasteiger partial charge in [0.15, 0.2) is 0 Å². The SMILES string of the molecule is CC(C)CCCCCCCCCCC(C(=O)O)(C(C(=O)O)C1CC(C)(C)NC(C)(C)C1)C(CCCCCCCCCCC(C)C)(C(=O)O)C(C(=O)O)C1CC(C)(C)NC(C)(C)C1. The molecule has 0 amide bonds. The van der Waals surface area contributed by atoms with Crippen molar-refractivity contribution in [3.63, 3.8) is 0 Å². The minimum absolute atomic E-state index is 0.206. The summed E-state index contributed by atoms with van der Waals surface area (Å²) in [6.07, 6.45) is 17.8. The number of carbonyl (C=O) groups is 4. The van der Waals surface area contributed by atoms with E-state index in [9.17, 15) is 39.6 Å². The summed E-state index contributed by atoms with van der Waals surface area (Å²) in [6.45, 7) is 24.8. The van der Waals surface area contributed by atoms with E-state index in [1.54, 1.807) is 0 Å². The van der Waals surface area contributed by atoms with Crippen molar-refractivity contribution < 1.29 is 39.6 Å². The molecule has 2 saturated heterocycles. The Labute approximate surface area is 378 Å². The van der Waals surface area contributed by atoms with Crippen LogP contribution in [0.15, 0.2) is 0 Å². The smallest absolute Gasteiger partial charge is 0.311 e. The summed E-state index contributed by atoms with van der Waals surface area (Å²) in [5, 5.41) is 54.5. The third-order valence-electron chi connectivity index (χ3n) is 14.7. The molecule has 4 atom stereocenters. The molecule has 0 bridgehead atoms. The lowest BCUT2D eigenvalue weighted by Crippen LogP contribution is -2.68. The largest absolute Gasteiger partial charge is 0.481 e. The maximum absolute atomic E-state index is 14.8. The number of hydrogen-bond donors (Lipinski definition) is 6. The van der Waals surface area contributed by atoms with Gasteiger partial charge in [-0.25, -0.2) is 0 Å². The van der Waals surface area contributed by atoms with Crippen LogP contribution in [0.25, 0.3) is 0 Å². The highest BCUT2D eigenvalue weighted by Gasteiger charge is 2.73. The second-order valence-electron chi connectivity index (χ2n) is 23.8. The molecule has 2 aliphatic rings. The number of nitrogens with one attached hydrogen (secondary N) is 2. The predicted molar refractivity (Wildman–Crippen MR) is 252 cm³/mol. The summed E-state index contributed by atoms with van der Waals surface area (Å²) in [4.78, 5) is 58.1. The molecule has 2 rings (SSSR count). The Morgan fingerprint density at radius 1 is 0.435 bits per heavy atom. The summed E-state index contributed by atoms with van der Waals surface area (Å²) in [5.41, 5.74) is -7.11. The van der Waals surface area contributed by atoms with E-state index in [0.717, 1.165) is 51.4 Å². The van der Waals surface area contributed by atoms with Gasteiger partial charge in [-0.15, -0.1) is 0 Å². The van der Waals surface area contributed by atoms with Crippen LogP contribution in [-0.2, 0) is 19.2 Å². The van der Waals surface area contributed by atoms with E-state index in [1.807, 2.05) is 55.4 Å². The molecule has 2 heterocycles. The first-order valence-corrected chi connectivity index (χ1v) is 25.2. The summed E-state index contributed by atoms with van der Waals surface area (Å²) in [6, 6.07) is 0. The lowest BCUT2D eigenvalue weighted by atomic mass is 9.44. The second kappa shape index (κ2) is 24.4. The van der Waals surface area contributed by atoms with Gasteiger partial charge in [-0.05, 0) is 118 Å². The number of rotatable bonds is 31. The van der Waals surface area contributed by atoms with Crippen molar-refractivity contribution in [3.05, 3.63) is 0 Å². The van der Waals surface area contributed by atoms with E-state index in [4.69, 9.17) is 0 Å².